The minimum absolute atomic E-state index is 0.219. The number of H-pyrrole nitrogens is 1. The number of fused-ring (bicyclic) bond motifs is 1. The molecule has 0 saturated carbocycles. The largest absolute Gasteiger partial charge is 0.361 e. The van der Waals surface area contributed by atoms with Gasteiger partial charge in [-0.25, -0.2) is 0 Å². The molecule has 1 aliphatic rings. The molecule has 0 bridgehead atoms. The molecular formula is C25H36N4S. The Morgan fingerprint density at radius 2 is 2.00 bits per heavy atom. The van der Waals surface area contributed by atoms with E-state index >= 15 is 0 Å². The minimum atomic E-state index is 0.219. The molecule has 0 aliphatic carbocycles. The van der Waals surface area contributed by atoms with Crippen molar-refractivity contribution < 1.29 is 0 Å². The molecule has 3 heterocycles. The summed E-state index contributed by atoms with van der Waals surface area (Å²) in [6, 6.07) is 11.3. The van der Waals surface area contributed by atoms with Crippen LogP contribution in [0.1, 0.15) is 48.6 Å². The Kier molecular flexibility index (Phi) is 6.63. The standard InChI is InChI=1S/C25H36N4S/c1-19(2)20-7-8-22-21(18-27-23(22)16-20)17-26-11-14-29-12-9-25(10-13-29,28(3)4)24-6-5-15-30-24/h5-8,15-16,18-19,26-27H,9-14,17H2,1-4H3. The highest BCUT2D eigenvalue weighted by Crippen LogP contribution is 2.39. The van der Waals surface area contributed by atoms with E-state index in [0.717, 1.165) is 19.6 Å². The molecule has 0 unspecified atom stereocenters. The zero-order valence-corrected chi connectivity index (χ0v) is 19.7. The zero-order valence-electron chi connectivity index (χ0n) is 18.9. The molecule has 1 fully saturated rings. The fourth-order valence-corrected chi connectivity index (χ4v) is 5.84. The first-order valence-corrected chi connectivity index (χ1v) is 12.1. The maximum Gasteiger partial charge on any atom is 0.0573 e. The minimum Gasteiger partial charge on any atom is -0.361 e. The molecule has 1 aliphatic heterocycles. The smallest absolute Gasteiger partial charge is 0.0573 e. The second-order valence-corrected chi connectivity index (χ2v) is 10.1. The molecule has 3 aromatic rings. The number of nitrogens with one attached hydrogen (secondary N) is 2. The fraction of sp³-hybridized carbons (Fsp3) is 0.520. The summed E-state index contributed by atoms with van der Waals surface area (Å²) >= 11 is 1.91. The number of aromatic nitrogens is 1. The Morgan fingerprint density at radius 3 is 2.67 bits per heavy atom. The average Bonchev–Trinajstić information content (AvgIpc) is 3.41. The van der Waals surface area contributed by atoms with Gasteiger partial charge in [-0.15, -0.1) is 11.3 Å². The zero-order chi connectivity index (χ0) is 21.1. The first kappa shape index (κ1) is 21.6. The van der Waals surface area contributed by atoms with Gasteiger partial charge in [-0.3, -0.25) is 4.90 Å². The highest BCUT2D eigenvalue weighted by atomic mass is 32.1. The van der Waals surface area contributed by atoms with Gasteiger partial charge in [0, 0.05) is 54.7 Å². The van der Waals surface area contributed by atoms with Crippen LogP contribution in [0.25, 0.3) is 10.9 Å². The van der Waals surface area contributed by atoms with Crippen LogP contribution in [-0.4, -0.2) is 55.1 Å². The predicted octanol–water partition coefficient (Wildman–Crippen LogP) is 5.00. The van der Waals surface area contributed by atoms with Crippen LogP contribution in [0, 0.1) is 0 Å². The molecule has 4 rings (SSSR count). The molecule has 30 heavy (non-hydrogen) atoms. The fourth-order valence-electron chi connectivity index (χ4n) is 4.77. The van der Waals surface area contributed by atoms with Crippen LogP contribution in [-0.2, 0) is 12.1 Å². The van der Waals surface area contributed by atoms with Crippen molar-refractivity contribution in [1.29, 1.82) is 0 Å². The van der Waals surface area contributed by atoms with Crippen molar-refractivity contribution in [2.75, 3.05) is 40.3 Å². The topological polar surface area (TPSA) is 34.3 Å². The van der Waals surface area contributed by atoms with Crippen LogP contribution < -0.4 is 5.32 Å². The summed E-state index contributed by atoms with van der Waals surface area (Å²) in [7, 11) is 4.48. The Balaban J connectivity index is 1.26. The van der Waals surface area contributed by atoms with Gasteiger partial charge >= 0.3 is 0 Å². The number of thiophene rings is 1. The summed E-state index contributed by atoms with van der Waals surface area (Å²) in [5.74, 6) is 0.565. The van der Waals surface area contributed by atoms with Crippen LogP contribution >= 0.6 is 11.3 Å². The van der Waals surface area contributed by atoms with E-state index in [1.807, 2.05) is 11.3 Å². The van der Waals surface area contributed by atoms with E-state index in [0.29, 0.717) is 5.92 Å². The quantitative estimate of drug-likeness (QED) is 0.500. The average molecular weight is 425 g/mol. The van der Waals surface area contributed by atoms with Crippen LogP contribution in [0.2, 0.25) is 0 Å². The molecular weight excluding hydrogens is 388 g/mol. The number of nitrogens with zero attached hydrogens (tertiary/aromatic N) is 2. The SMILES string of the molecule is CC(C)c1ccc2c(CNCCN3CCC(c4cccs4)(N(C)C)CC3)c[nH]c2c1. The number of rotatable bonds is 8. The van der Waals surface area contributed by atoms with Crippen LogP contribution in [0.15, 0.2) is 41.9 Å². The molecule has 162 valence electrons. The first-order valence-electron chi connectivity index (χ1n) is 11.2. The van der Waals surface area contributed by atoms with E-state index in [2.05, 4.69) is 90.0 Å². The monoisotopic (exact) mass is 424 g/mol. The van der Waals surface area contributed by atoms with E-state index < -0.39 is 0 Å². The van der Waals surface area contributed by atoms with Gasteiger partial charge in [-0.2, -0.15) is 0 Å². The molecule has 2 aromatic heterocycles. The second-order valence-electron chi connectivity index (χ2n) is 9.20. The van der Waals surface area contributed by atoms with Gasteiger partial charge in [0.25, 0.3) is 0 Å². The van der Waals surface area contributed by atoms with Gasteiger partial charge < -0.3 is 15.2 Å². The Hall–Kier alpha value is -1.66. The van der Waals surface area contributed by atoms with E-state index in [1.54, 1.807) is 0 Å². The molecule has 2 N–H and O–H groups in total. The molecule has 0 spiro atoms. The van der Waals surface area contributed by atoms with Gasteiger partial charge in [-0.1, -0.05) is 32.0 Å². The molecule has 0 radical (unpaired) electrons. The Morgan fingerprint density at radius 1 is 1.20 bits per heavy atom. The summed E-state index contributed by atoms with van der Waals surface area (Å²) in [4.78, 5) is 10.0. The highest BCUT2D eigenvalue weighted by molar-refractivity contribution is 7.10. The summed E-state index contributed by atoms with van der Waals surface area (Å²) in [6.45, 7) is 9.90. The van der Waals surface area contributed by atoms with Crippen LogP contribution in [0.3, 0.4) is 0 Å². The number of piperidine rings is 1. The van der Waals surface area contributed by atoms with Crippen molar-refractivity contribution in [3.8, 4) is 0 Å². The van der Waals surface area contributed by atoms with Crippen LogP contribution in [0.4, 0.5) is 0 Å². The van der Waals surface area contributed by atoms with Gasteiger partial charge in [0.15, 0.2) is 0 Å². The Bertz CT molecular complexity index is 933. The third-order valence-electron chi connectivity index (χ3n) is 6.90. The van der Waals surface area contributed by atoms with Crippen molar-refractivity contribution in [3.63, 3.8) is 0 Å². The van der Waals surface area contributed by atoms with E-state index in [4.69, 9.17) is 0 Å². The number of benzene rings is 1. The van der Waals surface area contributed by atoms with Gasteiger partial charge in [0.05, 0.1) is 5.54 Å². The van der Waals surface area contributed by atoms with Crippen LogP contribution in [0.5, 0.6) is 0 Å². The van der Waals surface area contributed by atoms with Crippen molar-refractivity contribution in [1.82, 2.24) is 20.1 Å². The van der Waals surface area contributed by atoms with Gasteiger partial charge in [-0.05, 0) is 61.5 Å². The van der Waals surface area contributed by atoms with Crippen molar-refractivity contribution in [2.45, 2.75) is 44.7 Å². The first-order chi connectivity index (χ1) is 14.5. The number of aromatic amines is 1. The number of hydrogen-bond acceptors (Lipinski definition) is 4. The normalized spacial score (nSPS) is 17.4. The molecule has 0 atom stereocenters. The van der Waals surface area contributed by atoms with E-state index in [1.165, 1.54) is 52.8 Å². The predicted molar refractivity (Wildman–Crippen MR) is 129 cm³/mol. The summed E-state index contributed by atoms with van der Waals surface area (Å²) in [5, 5.41) is 7.22. The number of likely N-dealkylation sites (tertiary alicyclic amines) is 1. The summed E-state index contributed by atoms with van der Waals surface area (Å²) < 4.78 is 0. The third kappa shape index (κ3) is 4.35. The van der Waals surface area contributed by atoms with Crippen molar-refractivity contribution >= 4 is 22.2 Å². The molecule has 5 heteroatoms. The summed E-state index contributed by atoms with van der Waals surface area (Å²) in [5.41, 5.74) is 4.23. The lowest BCUT2D eigenvalue weighted by atomic mass is 9.84. The lowest BCUT2D eigenvalue weighted by molar-refractivity contribution is 0.0571. The molecule has 4 nitrogen and oxygen atoms in total. The lowest BCUT2D eigenvalue weighted by Crippen LogP contribution is -2.50. The molecule has 0 amide bonds. The van der Waals surface area contributed by atoms with E-state index in [-0.39, 0.29) is 5.54 Å². The lowest BCUT2D eigenvalue weighted by Gasteiger charge is -2.45. The van der Waals surface area contributed by atoms with E-state index in [9.17, 15) is 0 Å². The Labute approximate surface area is 185 Å². The number of hydrogen-bond donors (Lipinski definition) is 2. The van der Waals surface area contributed by atoms with Crippen molar-refractivity contribution in [3.05, 3.63) is 57.9 Å². The highest BCUT2D eigenvalue weighted by Gasteiger charge is 2.38. The second kappa shape index (κ2) is 9.23. The van der Waals surface area contributed by atoms with Gasteiger partial charge in [0.1, 0.15) is 0 Å². The maximum absolute atomic E-state index is 3.67. The van der Waals surface area contributed by atoms with Crippen molar-refractivity contribution in [2.24, 2.45) is 0 Å². The van der Waals surface area contributed by atoms with Gasteiger partial charge in [0.2, 0.25) is 0 Å². The molecule has 1 aromatic carbocycles. The molecule has 1 saturated heterocycles. The summed E-state index contributed by atoms with van der Waals surface area (Å²) in [6.07, 6.45) is 4.58. The third-order valence-corrected chi connectivity index (χ3v) is 7.96. The maximum atomic E-state index is 3.67.